The first-order chi connectivity index (χ1) is 30.9. The number of thiazole rings is 1. The second-order valence-corrected chi connectivity index (χ2v) is 18.6. The number of aryl methyl sites for hydroxylation is 2. The smallest absolute Gasteiger partial charge is 0.505 e. The molecule has 0 saturated carbocycles. The highest BCUT2D eigenvalue weighted by Gasteiger charge is 2.45. The van der Waals surface area contributed by atoms with Crippen LogP contribution in [0.15, 0.2) is 72.4 Å². The van der Waals surface area contributed by atoms with Gasteiger partial charge < -0.3 is 40.5 Å². The third kappa shape index (κ3) is 11.0. The lowest BCUT2D eigenvalue weighted by Crippen LogP contribution is -2.57. The van der Waals surface area contributed by atoms with Gasteiger partial charge in [0.25, 0.3) is 0 Å². The van der Waals surface area contributed by atoms with Crippen molar-refractivity contribution < 1.29 is 47.6 Å². The summed E-state index contributed by atoms with van der Waals surface area (Å²) in [5, 5.41) is 31.4. The van der Waals surface area contributed by atoms with E-state index in [1.54, 1.807) is 35.2 Å². The maximum atomic E-state index is 14.1. The number of β-amino-alcohol motifs (C(OH)–C–C–N with tert-alkyl or cyclic N) is 1. The third-order valence-electron chi connectivity index (χ3n) is 11.7. The fraction of sp³-hybridized carbons (Fsp3) is 0.417. The quantitative estimate of drug-likeness (QED) is 0.0625. The van der Waals surface area contributed by atoms with Crippen molar-refractivity contribution in [1.82, 2.24) is 30.8 Å². The van der Waals surface area contributed by atoms with E-state index in [-0.39, 0.29) is 67.3 Å². The average molecular weight is 913 g/mol. The lowest BCUT2D eigenvalue weighted by molar-refractivity contribution is -0.286. The summed E-state index contributed by atoms with van der Waals surface area (Å²) in [4.78, 5) is 65.4. The minimum Gasteiger partial charge on any atom is -0.505 e. The van der Waals surface area contributed by atoms with E-state index in [9.17, 15) is 38.2 Å². The number of nitrogens with one attached hydrogen (secondary N) is 3. The highest BCUT2D eigenvalue weighted by Crippen LogP contribution is 2.44. The second kappa shape index (κ2) is 19.5. The van der Waals surface area contributed by atoms with Gasteiger partial charge in [0.05, 0.1) is 28.2 Å². The minimum atomic E-state index is -3.84. The van der Waals surface area contributed by atoms with Crippen LogP contribution in [0.1, 0.15) is 99.7 Å². The number of pyridine rings is 1. The van der Waals surface area contributed by atoms with Gasteiger partial charge >= 0.3 is 6.29 Å². The second-order valence-electron chi connectivity index (χ2n) is 17.8. The van der Waals surface area contributed by atoms with Gasteiger partial charge in [-0.1, -0.05) is 70.0 Å². The van der Waals surface area contributed by atoms with Crippen molar-refractivity contribution in [3.05, 3.63) is 100 Å². The number of carbonyl (C=O) groups is 4. The lowest BCUT2D eigenvalue weighted by Gasteiger charge is -2.35. The number of amides is 4. The zero-order chi connectivity index (χ0) is 46.6. The van der Waals surface area contributed by atoms with E-state index in [1.807, 2.05) is 65.0 Å². The molecule has 4 amide bonds. The summed E-state index contributed by atoms with van der Waals surface area (Å²) in [7, 11) is 0. The van der Waals surface area contributed by atoms with Crippen molar-refractivity contribution in [3.8, 4) is 27.7 Å². The largest absolute Gasteiger partial charge is 0.586 e. The number of aromatic hydroxyl groups is 1. The Morgan fingerprint density at radius 3 is 2.29 bits per heavy atom. The number of ether oxygens (including phenoxy) is 2. The van der Waals surface area contributed by atoms with Crippen molar-refractivity contribution in [2.75, 3.05) is 6.54 Å². The number of halogens is 2. The van der Waals surface area contributed by atoms with Crippen LogP contribution in [0.5, 0.6) is 17.2 Å². The number of hydrogen-bond acceptors (Lipinski definition) is 11. The summed E-state index contributed by atoms with van der Waals surface area (Å²) < 4.78 is 37.0. The summed E-state index contributed by atoms with van der Waals surface area (Å²) in [6.45, 7) is 9.48. The Kier molecular flexibility index (Phi) is 14.0. The Balaban J connectivity index is 0.902. The summed E-state index contributed by atoms with van der Waals surface area (Å²) in [5.41, 5.74) is 5.76. The number of hydrogen-bond donors (Lipinski definition) is 5. The van der Waals surface area contributed by atoms with Gasteiger partial charge in [-0.05, 0) is 78.6 Å². The number of carbonyl (C=O) groups excluding carboxylic acids is 4. The van der Waals surface area contributed by atoms with E-state index < -0.39 is 41.8 Å². The fourth-order valence-electron chi connectivity index (χ4n) is 8.31. The van der Waals surface area contributed by atoms with Gasteiger partial charge in [-0.2, -0.15) is 0 Å². The molecular weight excluding hydrogens is 859 g/mol. The molecule has 17 heteroatoms. The third-order valence-corrected chi connectivity index (χ3v) is 12.7. The van der Waals surface area contributed by atoms with Crippen LogP contribution in [0.3, 0.4) is 0 Å². The molecule has 0 bridgehead atoms. The Morgan fingerprint density at radius 2 is 1.62 bits per heavy atom. The van der Waals surface area contributed by atoms with Crippen LogP contribution in [-0.2, 0) is 25.7 Å². The van der Waals surface area contributed by atoms with Crippen LogP contribution in [0.25, 0.3) is 21.3 Å². The van der Waals surface area contributed by atoms with Crippen LogP contribution < -0.4 is 25.4 Å². The normalized spacial score (nSPS) is 17.4. The molecule has 344 valence electrons. The molecule has 2 aliphatic rings. The Hall–Kier alpha value is -6.20. The van der Waals surface area contributed by atoms with E-state index in [2.05, 4.69) is 35.4 Å². The standard InChI is InChI=1S/C48H54F2N6O8S/c1-27-21-34(42(60)41-33(27)11-10-20-51-41)40(31-18-19-36-37(22-31)64-48(49,50)63-36)54-38(58)12-8-6-7-9-13-39(59)55-44(47(3,4)5)46(62)56-25-32(57)23-35(56)45(61)52-24-29-14-16-30(17-15-29)43-28(2)53-26-65-43/h10-11,14-22,26,32,35,40,44,57,60H,6-9,12-13,23-25H2,1-5H3,(H,52,61)(H,54,58)(H,55,59)/t32-,35-,40?,44?/m1/s1. The number of benzene rings is 3. The maximum absolute atomic E-state index is 14.1. The first-order valence-electron chi connectivity index (χ1n) is 21.7. The van der Waals surface area contributed by atoms with Crippen molar-refractivity contribution >= 4 is 45.9 Å². The monoisotopic (exact) mass is 912 g/mol. The van der Waals surface area contributed by atoms with Gasteiger partial charge in [0.2, 0.25) is 23.6 Å². The summed E-state index contributed by atoms with van der Waals surface area (Å²) in [6.07, 6.45) is -0.712. The maximum Gasteiger partial charge on any atom is 0.586 e. The molecule has 0 spiro atoms. The Labute approximate surface area is 379 Å². The van der Waals surface area contributed by atoms with Gasteiger partial charge in [-0.15, -0.1) is 20.1 Å². The number of phenolic OH excluding ortho intramolecular Hbond substituents is 1. The zero-order valence-corrected chi connectivity index (χ0v) is 37.8. The van der Waals surface area contributed by atoms with Gasteiger partial charge in [0.15, 0.2) is 11.5 Å². The Morgan fingerprint density at radius 1 is 0.923 bits per heavy atom. The molecule has 7 rings (SSSR count). The highest BCUT2D eigenvalue weighted by atomic mass is 32.1. The van der Waals surface area contributed by atoms with Gasteiger partial charge in [-0.25, -0.2) is 4.98 Å². The molecule has 5 N–H and O–H groups in total. The summed E-state index contributed by atoms with van der Waals surface area (Å²) in [6, 6.07) is 14.5. The zero-order valence-electron chi connectivity index (χ0n) is 37.0. The summed E-state index contributed by atoms with van der Waals surface area (Å²) >= 11 is 1.56. The molecule has 5 aromatic rings. The molecule has 2 aromatic heterocycles. The number of fused-ring (bicyclic) bond motifs is 2. The van der Waals surface area contributed by atoms with Crippen LogP contribution >= 0.6 is 11.3 Å². The van der Waals surface area contributed by atoms with Crippen molar-refractivity contribution in [1.29, 1.82) is 0 Å². The molecule has 1 fully saturated rings. The predicted octanol–water partition coefficient (Wildman–Crippen LogP) is 7.36. The molecule has 65 heavy (non-hydrogen) atoms. The number of alkyl halides is 2. The highest BCUT2D eigenvalue weighted by molar-refractivity contribution is 7.13. The van der Waals surface area contributed by atoms with Gasteiger partial charge in [0.1, 0.15) is 23.3 Å². The number of aromatic nitrogens is 2. The average Bonchev–Trinajstić information content (AvgIpc) is 3.97. The molecule has 3 aromatic carbocycles. The lowest BCUT2D eigenvalue weighted by atomic mass is 9.85. The number of nitrogens with zero attached hydrogens (tertiary/aromatic N) is 3. The molecule has 1 saturated heterocycles. The van der Waals surface area contributed by atoms with Crippen LogP contribution in [0.4, 0.5) is 8.78 Å². The molecule has 2 aliphatic heterocycles. The molecule has 0 aliphatic carbocycles. The molecule has 4 atom stereocenters. The van der Waals surface area contributed by atoms with Crippen molar-refractivity contribution in [2.24, 2.45) is 5.41 Å². The van der Waals surface area contributed by atoms with E-state index in [1.165, 1.54) is 23.1 Å². The summed E-state index contributed by atoms with van der Waals surface area (Å²) in [5.74, 6) is -2.04. The number of unbranched alkanes of at least 4 members (excludes halogenated alkanes) is 3. The first kappa shape index (κ1) is 46.8. The van der Waals surface area contributed by atoms with E-state index in [0.717, 1.165) is 32.6 Å². The molecule has 4 heterocycles. The molecule has 2 unspecified atom stereocenters. The predicted molar refractivity (Wildman–Crippen MR) is 240 cm³/mol. The number of rotatable bonds is 16. The molecule has 14 nitrogen and oxygen atoms in total. The molecular formula is C48H54F2N6O8S. The number of aliphatic hydroxyl groups is 1. The van der Waals surface area contributed by atoms with E-state index in [4.69, 9.17) is 0 Å². The molecule has 0 radical (unpaired) electrons. The van der Waals surface area contributed by atoms with Crippen LogP contribution in [0.2, 0.25) is 0 Å². The van der Waals surface area contributed by atoms with Crippen molar-refractivity contribution in [2.45, 2.75) is 117 Å². The van der Waals surface area contributed by atoms with Crippen LogP contribution in [-0.4, -0.2) is 79.7 Å². The van der Waals surface area contributed by atoms with Gasteiger partial charge in [-0.3, -0.25) is 24.2 Å². The minimum absolute atomic E-state index is 0.0352. The van der Waals surface area contributed by atoms with Gasteiger partial charge in [0, 0.05) is 49.5 Å². The SMILES string of the molecule is Cc1ncsc1-c1ccc(CNC(=O)[C@H]2C[C@@H](O)CN2C(=O)C(NC(=O)CCCCCCC(=O)NC(c2ccc3c(c2)OC(F)(F)O3)c2cc(C)c3cccnc3c2O)C(C)(C)C)cc1. The van der Waals surface area contributed by atoms with E-state index in [0.29, 0.717) is 42.3 Å². The first-order valence-corrected chi connectivity index (χ1v) is 22.6. The van der Waals surface area contributed by atoms with E-state index >= 15 is 0 Å². The number of aliphatic hydroxyl groups excluding tert-OH is 1. The number of likely N-dealkylation sites (tertiary alicyclic amines) is 1. The number of phenols is 1. The Bertz CT molecular complexity index is 2560. The van der Waals surface area contributed by atoms with Crippen LogP contribution in [0, 0.1) is 19.3 Å². The van der Waals surface area contributed by atoms with Crippen molar-refractivity contribution in [3.63, 3.8) is 0 Å². The topological polar surface area (TPSA) is 192 Å². The fourth-order valence-corrected chi connectivity index (χ4v) is 9.12.